The van der Waals surface area contributed by atoms with Crippen molar-refractivity contribution in [2.45, 2.75) is 45.4 Å². The Balaban J connectivity index is 2.67. The van der Waals surface area contributed by atoms with Crippen molar-refractivity contribution in [1.29, 1.82) is 0 Å². The molecule has 2 N–H and O–H groups in total. The minimum absolute atomic E-state index is 0.182. The maximum Gasteiger partial charge on any atom is 0.229 e. The molecule has 0 aliphatic rings. The Hall–Kier alpha value is -0.900. The Kier molecular flexibility index (Phi) is 4.07. The summed E-state index contributed by atoms with van der Waals surface area (Å²) in [7, 11) is 0. The van der Waals surface area contributed by atoms with E-state index in [9.17, 15) is 0 Å². The van der Waals surface area contributed by atoms with Gasteiger partial charge in [0.05, 0.1) is 0 Å². The zero-order valence-electron chi connectivity index (χ0n) is 9.16. The van der Waals surface area contributed by atoms with Gasteiger partial charge in [0.2, 0.25) is 5.89 Å². The van der Waals surface area contributed by atoms with E-state index in [1.165, 1.54) is 0 Å². The molecule has 14 heavy (non-hydrogen) atoms. The highest BCUT2D eigenvalue weighted by Crippen LogP contribution is 2.20. The molecule has 0 aliphatic heterocycles. The van der Waals surface area contributed by atoms with Gasteiger partial charge in [0.15, 0.2) is 5.82 Å². The first-order valence-corrected chi connectivity index (χ1v) is 5.22. The third kappa shape index (κ3) is 2.54. The first-order valence-electron chi connectivity index (χ1n) is 5.22. The van der Waals surface area contributed by atoms with Crippen molar-refractivity contribution in [3.63, 3.8) is 0 Å². The minimum Gasteiger partial charge on any atom is -0.339 e. The molecular weight excluding hydrogens is 178 g/mol. The molecule has 0 bridgehead atoms. The molecule has 2 unspecified atom stereocenters. The van der Waals surface area contributed by atoms with Crippen LogP contribution < -0.4 is 5.73 Å². The van der Waals surface area contributed by atoms with Crippen molar-refractivity contribution in [3.05, 3.63) is 11.7 Å². The molecule has 0 fully saturated rings. The number of hydrogen-bond donors (Lipinski definition) is 1. The molecule has 0 saturated carbocycles. The first kappa shape index (κ1) is 11.2. The van der Waals surface area contributed by atoms with Gasteiger partial charge in [-0.1, -0.05) is 32.3 Å². The van der Waals surface area contributed by atoms with Crippen LogP contribution in [0, 0.1) is 0 Å². The van der Waals surface area contributed by atoms with E-state index in [-0.39, 0.29) is 5.92 Å². The molecule has 0 radical (unpaired) electrons. The van der Waals surface area contributed by atoms with Crippen molar-refractivity contribution in [2.75, 3.05) is 6.54 Å². The van der Waals surface area contributed by atoms with Gasteiger partial charge < -0.3 is 10.3 Å². The Morgan fingerprint density at radius 3 is 2.64 bits per heavy atom. The van der Waals surface area contributed by atoms with Gasteiger partial charge in [-0.15, -0.1) is 0 Å². The van der Waals surface area contributed by atoms with Crippen molar-refractivity contribution in [3.8, 4) is 0 Å². The molecule has 0 saturated heterocycles. The third-order valence-corrected chi connectivity index (χ3v) is 2.40. The van der Waals surface area contributed by atoms with Crippen molar-refractivity contribution in [2.24, 2.45) is 5.73 Å². The summed E-state index contributed by atoms with van der Waals surface area (Å²) in [5, 5.41) is 3.92. The molecule has 1 rings (SSSR count). The van der Waals surface area contributed by atoms with Crippen molar-refractivity contribution < 1.29 is 4.52 Å². The summed E-state index contributed by atoms with van der Waals surface area (Å²) < 4.78 is 5.19. The molecule has 4 nitrogen and oxygen atoms in total. The van der Waals surface area contributed by atoms with E-state index in [4.69, 9.17) is 10.3 Å². The van der Waals surface area contributed by atoms with Gasteiger partial charge in [-0.2, -0.15) is 4.98 Å². The first-order chi connectivity index (χ1) is 6.69. The van der Waals surface area contributed by atoms with Crippen molar-refractivity contribution in [1.82, 2.24) is 10.1 Å². The van der Waals surface area contributed by atoms with Crippen LogP contribution in [0.5, 0.6) is 0 Å². The van der Waals surface area contributed by atoms with Crippen LogP contribution in [0.15, 0.2) is 4.52 Å². The summed E-state index contributed by atoms with van der Waals surface area (Å²) >= 11 is 0. The maximum atomic E-state index is 5.53. The number of nitrogens with two attached hydrogens (primary N) is 1. The maximum absolute atomic E-state index is 5.53. The van der Waals surface area contributed by atoms with Crippen LogP contribution in [0.1, 0.15) is 57.2 Å². The summed E-state index contributed by atoms with van der Waals surface area (Å²) in [4.78, 5) is 4.34. The summed E-state index contributed by atoms with van der Waals surface area (Å²) in [5.74, 6) is 2.00. The fourth-order valence-electron chi connectivity index (χ4n) is 1.31. The van der Waals surface area contributed by atoms with Gasteiger partial charge >= 0.3 is 0 Å². The van der Waals surface area contributed by atoms with Crippen LogP contribution in [0.25, 0.3) is 0 Å². The fraction of sp³-hybridized carbons (Fsp3) is 0.800. The quantitative estimate of drug-likeness (QED) is 0.784. The average molecular weight is 197 g/mol. The molecule has 80 valence electrons. The summed E-state index contributed by atoms with van der Waals surface area (Å²) in [6, 6.07) is 0. The normalized spacial score (nSPS) is 15.4. The highest BCUT2D eigenvalue weighted by Gasteiger charge is 2.16. The lowest BCUT2D eigenvalue weighted by molar-refractivity contribution is 0.347. The Bertz CT molecular complexity index is 272. The summed E-state index contributed by atoms with van der Waals surface area (Å²) in [6.45, 7) is 6.81. The van der Waals surface area contributed by atoms with Gasteiger partial charge in [0.1, 0.15) is 0 Å². The molecular formula is C10H19N3O. The molecule has 1 aromatic rings. The van der Waals surface area contributed by atoms with Gasteiger partial charge in [-0.05, 0) is 6.42 Å². The van der Waals surface area contributed by atoms with E-state index >= 15 is 0 Å². The lowest BCUT2D eigenvalue weighted by atomic mass is 10.1. The SMILES string of the molecule is CCCC(C)c1nc(C(C)CN)no1. The molecule has 2 atom stereocenters. The van der Waals surface area contributed by atoms with Gasteiger partial charge in [0.25, 0.3) is 0 Å². The fourth-order valence-corrected chi connectivity index (χ4v) is 1.31. The molecule has 0 aliphatic carbocycles. The molecule has 0 amide bonds. The van der Waals surface area contributed by atoms with Crippen LogP contribution in [-0.2, 0) is 0 Å². The molecule has 0 aromatic carbocycles. The minimum atomic E-state index is 0.182. The van der Waals surface area contributed by atoms with Crippen LogP contribution in [0.3, 0.4) is 0 Å². The van der Waals surface area contributed by atoms with Gasteiger partial charge in [0, 0.05) is 18.4 Å². The second kappa shape index (κ2) is 5.10. The zero-order chi connectivity index (χ0) is 10.6. The van der Waals surface area contributed by atoms with E-state index in [2.05, 4.69) is 24.0 Å². The monoisotopic (exact) mass is 197 g/mol. The van der Waals surface area contributed by atoms with Crippen LogP contribution in [0.4, 0.5) is 0 Å². The van der Waals surface area contributed by atoms with Gasteiger partial charge in [-0.25, -0.2) is 0 Å². The highest BCUT2D eigenvalue weighted by atomic mass is 16.5. The molecule has 4 heteroatoms. The molecule has 1 aromatic heterocycles. The molecule has 0 spiro atoms. The van der Waals surface area contributed by atoms with Gasteiger partial charge in [-0.3, -0.25) is 0 Å². The van der Waals surface area contributed by atoms with E-state index in [0.29, 0.717) is 12.5 Å². The topological polar surface area (TPSA) is 64.9 Å². The van der Waals surface area contributed by atoms with E-state index in [1.807, 2.05) is 6.92 Å². The number of hydrogen-bond acceptors (Lipinski definition) is 4. The smallest absolute Gasteiger partial charge is 0.229 e. The van der Waals surface area contributed by atoms with Crippen LogP contribution in [-0.4, -0.2) is 16.7 Å². The number of aromatic nitrogens is 2. The standard InChI is InChI=1S/C10H19N3O/c1-4-5-7(2)10-12-9(13-14-10)8(3)6-11/h7-8H,4-6,11H2,1-3H3. The largest absolute Gasteiger partial charge is 0.339 e. The number of nitrogens with zero attached hydrogens (tertiary/aromatic N) is 2. The van der Waals surface area contributed by atoms with E-state index in [1.54, 1.807) is 0 Å². The second-order valence-electron chi connectivity index (χ2n) is 3.82. The highest BCUT2D eigenvalue weighted by molar-refractivity contribution is 4.97. The Morgan fingerprint density at radius 1 is 1.36 bits per heavy atom. The van der Waals surface area contributed by atoms with Crippen molar-refractivity contribution >= 4 is 0 Å². The third-order valence-electron chi connectivity index (χ3n) is 2.40. The zero-order valence-corrected chi connectivity index (χ0v) is 9.16. The van der Waals surface area contributed by atoms with Crippen LogP contribution in [0.2, 0.25) is 0 Å². The summed E-state index contributed by atoms with van der Waals surface area (Å²) in [6.07, 6.45) is 2.21. The lowest BCUT2D eigenvalue weighted by Crippen LogP contribution is -2.10. The van der Waals surface area contributed by atoms with E-state index < -0.39 is 0 Å². The Labute approximate surface area is 84.9 Å². The lowest BCUT2D eigenvalue weighted by Gasteiger charge is -2.02. The summed E-state index contributed by atoms with van der Waals surface area (Å²) in [5.41, 5.74) is 5.53. The predicted octanol–water partition coefficient (Wildman–Crippen LogP) is 2.04. The number of rotatable bonds is 5. The van der Waals surface area contributed by atoms with Crippen LogP contribution >= 0.6 is 0 Å². The average Bonchev–Trinajstić information content (AvgIpc) is 2.66. The predicted molar refractivity (Wildman–Crippen MR) is 55.1 cm³/mol. The van der Waals surface area contributed by atoms with E-state index in [0.717, 1.165) is 24.6 Å². The Morgan fingerprint density at radius 2 is 2.07 bits per heavy atom. The molecule has 1 heterocycles. The second-order valence-corrected chi connectivity index (χ2v) is 3.82.